The number of likely N-dealkylation sites (tertiary alicyclic amines) is 1. The van der Waals surface area contributed by atoms with E-state index in [0.717, 1.165) is 0 Å². The third kappa shape index (κ3) is 10.2. The van der Waals surface area contributed by atoms with E-state index in [4.69, 9.17) is 9.47 Å². The van der Waals surface area contributed by atoms with Gasteiger partial charge in [0, 0.05) is 31.5 Å². The van der Waals surface area contributed by atoms with Gasteiger partial charge in [0.2, 0.25) is 17.3 Å². The predicted molar refractivity (Wildman–Crippen MR) is 137 cm³/mol. The van der Waals surface area contributed by atoms with Crippen molar-refractivity contribution in [2.45, 2.75) is 77.0 Å². The Morgan fingerprint density at radius 3 is 2.27 bits per heavy atom. The molecule has 40 heavy (non-hydrogen) atoms. The number of carbonyl (C=O) groups is 5. The molecule has 0 aromatic rings. The van der Waals surface area contributed by atoms with Gasteiger partial charge in [0.25, 0.3) is 0 Å². The van der Waals surface area contributed by atoms with Crippen LogP contribution in [0.15, 0.2) is 0 Å². The molecule has 2 aliphatic heterocycles. The van der Waals surface area contributed by atoms with Crippen molar-refractivity contribution in [3.8, 4) is 0 Å². The number of rotatable bonds is 12. The summed E-state index contributed by atoms with van der Waals surface area (Å²) in [5, 5.41) is 17.0. The number of aliphatic hydroxyl groups excluding tert-OH is 1. The zero-order chi connectivity index (χ0) is 30.4. The maximum absolute atomic E-state index is 13.1. The zero-order valence-corrected chi connectivity index (χ0v) is 24.1. The number of carbonyl (C=O) groups excluding carboxylic acids is 5. The van der Waals surface area contributed by atoms with Gasteiger partial charge in [-0.25, -0.2) is 18.0 Å². The average Bonchev–Trinajstić information content (AvgIpc) is 3.18. The molecule has 4 N–H and O–H groups in total. The van der Waals surface area contributed by atoms with Gasteiger partial charge in [-0.15, -0.1) is 0 Å². The monoisotopic (exact) mass is 591 g/mol. The van der Waals surface area contributed by atoms with Crippen LogP contribution < -0.4 is 16.0 Å². The molecule has 16 heteroatoms. The molecule has 1 unspecified atom stereocenters. The van der Waals surface area contributed by atoms with Crippen LogP contribution in [-0.4, -0.2) is 102 Å². The van der Waals surface area contributed by atoms with Crippen LogP contribution in [0.5, 0.6) is 0 Å². The van der Waals surface area contributed by atoms with Crippen molar-refractivity contribution in [2.75, 3.05) is 26.2 Å². The fraction of sp³-hybridized carbons (Fsp3) is 0.792. The summed E-state index contributed by atoms with van der Waals surface area (Å²) in [5.41, 5.74) is -3.58. The predicted octanol–water partition coefficient (Wildman–Crippen LogP) is -0.562. The molecule has 2 saturated heterocycles. The number of nitrogens with zero attached hydrogens (tertiary/aromatic N) is 1. The molecule has 2 rings (SSSR count). The van der Waals surface area contributed by atoms with Crippen molar-refractivity contribution in [1.82, 2.24) is 20.9 Å². The molecule has 4 amide bonds. The Morgan fingerprint density at radius 2 is 1.77 bits per heavy atom. The van der Waals surface area contributed by atoms with Gasteiger partial charge in [-0.3, -0.25) is 14.4 Å². The Morgan fingerprint density at radius 1 is 1.15 bits per heavy atom. The Labute approximate surface area is 233 Å². The summed E-state index contributed by atoms with van der Waals surface area (Å²) in [6, 6.07) is -2.90. The minimum Gasteiger partial charge on any atom is -0.746 e. The molecule has 15 nitrogen and oxygen atoms in total. The van der Waals surface area contributed by atoms with Gasteiger partial charge in [0.1, 0.15) is 21.8 Å². The second kappa shape index (κ2) is 13.6. The van der Waals surface area contributed by atoms with Crippen LogP contribution >= 0.6 is 0 Å². The number of alkyl carbamates (subject to hydrolysis) is 1. The van der Waals surface area contributed by atoms with Crippen LogP contribution in [0.2, 0.25) is 0 Å². The lowest BCUT2D eigenvalue weighted by Gasteiger charge is -2.39. The fourth-order valence-electron chi connectivity index (χ4n) is 4.22. The number of nitrogens with one attached hydrogen (secondary N) is 3. The number of ether oxygens (including phenoxy) is 2. The largest absolute Gasteiger partial charge is 0.746 e. The van der Waals surface area contributed by atoms with Crippen LogP contribution in [0.1, 0.15) is 53.9 Å². The van der Waals surface area contributed by atoms with Crippen molar-refractivity contribution < 1.29 is 51.5 Å². The molecule has 4 atom stereocenters. The molecule has 0 spiro atoms. The van der Waals surface area contributed by atoms with E-state index in [1.807, 2.05) is 0 Å². The second-order valence-corrected chi connectivity index (χ2v) is 12.9. The molecule has 0 aliphatic carbocycles. The third-order valence-corrected chi connectivity index (χ3v) is 7.01. The molecular formula is C24H39N4O11S-. The van der Waals surface area contributed by atoms with Crippen LogP contribution in [0.3, 0.4) is 0 Å². The first kappa shape index (κ1) is 33.2. The molecular weight excluding hydrogens is 552 g/mol. The average molecular weight is 592 g/mol. The standard InChI is InChI=1S/C24H40N4O11S/c1-13(2)8-17(27-22(33)38-12-14-10-28(11-14)23(34)39-24(3,4)5)20(31)26-16(9-15-6-7-25-19(15)30)18(29)21(32)40(35,36)37/h13-17,21,32H,6-12H2,1-5H3,(H,25,30)(H,26,31)(H,27,33)(H,35,36,37)/p-1/t15-,16+,17+,21?/m1/s1. The van der Waals surface area contributed by atoms with Crippen molar-refractivity contribution in [1.29, 1.82) is 0 Å². The highest BCUT2D eigenvalue weighted by atomic mass is 32.2. The highest BCUT2D eigenvalue weighted by Crippen LogP contribution is 2.21. The van der Waals surface area contributed by atoms with E-state index >= 15 is 0 Å². The number of aliphatic hydroxyl groups is 1. The second-order valence-electron chi connectivity index (χ2n) is 11.5. The Hall–Kier alpha value is -2.98. The number of hydrogen-bond donors (Lipinski definition) is 4. The van der Waals surface area contributed by atoms with Crippen molar-refractivity contribution in [3.63, 3.8) is 0 Å². The maximum atomic E-state index is 13.1. The molecule has 0 bridgehead atoms. The number of hydrogen-bond acceptors (Lipinski definition) is 11. The van der Waals surface area contributed by atoms with Crippen LogP contribution in [0.4, 0.5) is 9.59 Å². The van der Waals surface area contributed by atoms with E-state index in [1.165, 1.54) is 4.90 Å². The summed E-state index contributed by atoms with van der Waals surface area (Å²) in [6.45, 7) is 9.69. The Bertz CT molecular complexity index is 1070. The SMILES string of the molecule is CC(C)C[C@H](NC(=O)OCC1CN(C(=O)OC(C)(C)C)C1)C(=O)N[C@@H](C[C@H]1CCNC1=O)C(=O)C(O)S(=O)(=O)[O-]. The van der Waals surface area contributed by atoms with Crippen LogP contribution in [-0.2, 0) is 34.0 Å². The molecule has 0 aromatic carbocycles. The van der Waals surface area contributed by atoms with E-state index in [2.05, 4.69) is 16.0 Å². The molecule has 2 heterocycles. The minimum absolute atomic E-state index is 0.0351. The van der Waals surface area contributed by atoms with Crippen molar-refractivity contribution >= 4 is 39.9 Å². The molecule has 0 saturated carbocycles. The third-order valence-electron chi connectivity index (χ3n) is 6.23. The van der Waals surface area contributed by atoms with Crippen molar-refractivity contribution in [2.24, 2.45) is 17.8 Å². The van der Waals surface area contributed by atoms with E-state index in [9.17, 15) is 42.0 Å². The Kier molecular flexibility index (Phi) is 11.3. The fourth-order valence-corrected chi connectivity index (χ4v) is 4.67. The Balaban J connectivity index is 2.00. The van der Waals surface area contributed by atoms with Crippen LogP contribution in [0.25, 0.3) is 0 Å². The summed E-state index contributed by atoms with van der Waals surface area (Å²) < 4.78 is 44.2. The minimum atomic E-state index is -5.44. The summed E-state index contributed by atoms with van der Waals surface area (Å²) in [5.74, 6) is -3.81. The first-order valence-corrected chi connectivity index (χ1v) is 14.5. The van der Waals surface area contributed by atoms with Gasteiger partial charge in [-0.1, -0.05) is 13.8 Å². The topological polar surface area (TPSA) is 221 Å². The zero-order valence-electron chi connectivity index (χ0n) is 23.3. The summed E-state index contributed by atoms with van der Waals surface area (Å²) in [7, 11) is -5.44. The van der Waals surface area contributed by atoms with Crippen molar-refractivity contribution in [3.05, 3.63) is 0 Å². The molecule has 0 aromatic heterocycles. The van der Waals surface area contributed by atoms with E-state index in [-0.39, 0.29) is 31.3 Å². The van der Waals surface area contributed by atoms with Crippen LogP contribution in [0, 0.1) is 17.8 Å². The van der Waals surface area contributed by atoms with Gasteiger partial charge < -0.3 is 40.0 Å². The lowest BCUT2D eigenvalue weighted by atomic mass is 9.95. The van der Waals surface area contributed by atoms with E-state index in [0.29, 0.717) is 26.1 Å². The van der Waals surface area contributed by atoms with Gasteiger partial charge in [-0.2, -0.15) is 0 Å². The molecule has 2 fully saturated rings. The highest BCUT2D eigenvalue weighted by Gasteiger charge is 2.38. The summed E-state index contributed by atoms with van der Waals surface area (Å²) >= 11 is 0. The summed E-state index contributed by atoms with van der Waals surface area (Å²) in [4.78, 5) is 63.7. The quantitative estimate of drug-likeness (QED) is 0.211. The number of Topliss-reactive ketones (excluding diaryl/α,β-unsaturated/α-hetero) is 1. The van der Waals surface area contributed by atoms with Gasteiger partial charge in [0.15, 0.2) is 5.78 Å². The number of amides is 4. The highest BCUT2D eigenvalue weighted by molar-refractivity contribution is 7.87. The van der Waals surface area contributed by atoms with E-state index in [1.54, 1.807) is 34.6 Å². The van der Waals surface area contributed by atoms with Gasteiger partial charge >= 0.3 is 12.2 Å². The first-order chi connectivity index (χ1) is 18.4. The normalized spacial score (nSPS) is 20.1. The van der Waals surface area contributed by atoms with Gasteiger partial charge in [-0.05, 0) is 46.0 Å². The lowest BCUT2D eigenvalue weighted by Crippen LogP contribution is -2.55. The molecule has 2 aliphatic rings. The van der Waals surface area contributed by atoms with E-state index < -0.39 is 68.9 Å². The molecule has 228 valence electrons. The first-order valence-electron chi connectivity index (χ1n) is 13.0. The summed E-state index contributed by atoms with van der Waals surface area (Å²) in [6.07, 6.45) is -1.36. The maximum Gasteiger partial charge on any atom is 0.410 e. The molecule has 0 radical (unpaired) electrons. The number of ketones is 1. The van der Waals surface area contributed by atoms with Gasteiger partial charge in [0.05, 0.1) is 12.6 Å². The lowest BCUT2D eigenvalue weighted by molar-refractivity contribution is -0.132. The smallest absolute Gasteiger partial charge is 0.410 e.